The molecule has 3 rings (SSSR count). The van der Waals surface area contributed by atoms with Crippen molar-refractivity contribution in [1.82, 2.24) is 5.32 Å². The molecular formula is C19H21Cl2N3O2. The number of hydrogen-bond acceptors (Lipinski definition) is 3. The van der Waals surface area contributed by atoms with Gasteiger partial charge in [-0.25, -0.2) is 0 Å². The van der Waals surface area contributed by atoms with Gasteiger partial charge in [0.2, 0.25) is 5.91 Å². The molecule has 0 heterocycles. The SMILES string of the molecule is CC(N)(C(=O)Nc1ccc(Cl)c(C(=O)NC2CC2)c1)c1ccccc1.Cl. The van der Waals surface area contributed by atoms with Gasteiger partial charge in [-0.05, 0) is 43.5 Å². The standard InChI is InChI=1S/C19H20ClN3O2.ClH/c1-19(21,12-5-3-2-4-6-12)18(25)23-14-9-10-16(20)15(11-14)17(24)22-13-7-8-13;/h2-6,9-11,13H,7-8,21H2,1H3,(H,22,24)(H,23,25);1H. The van der Waals surface area contributed by atoms with Gasteiger partial charge in [0.25, 0.3) is 5.91 Å². The van der Waals surface area contributed by atoms with E-state index in [2.05, 4.69) is 10.6 Å². The number of rotatable bonds is 5. The first-order chi connectivity index (χ1) is 11.9. The molecule has 1 fully saturated rings. The van der Waals surface area contributed by atoms with E-state index in [4.69, 9.17) is 17.3 Å². The largest absolute Gasteiger partial charge is 0.349 e. The van der Waals surface area contributed by atoms with Crippen LogP contribution in [0.3, 0.4) is 0 Å². The highest BCUT2D eigenvalue weighted by Gasteiger charge is 2.31. The molecule has 0 spiro atoms. The number of carbonyl (C=O) groups excluding carboxylic acids is 2. The van der Waals surface area contributed by atoms with Crippen LogP contribution in [0.4, 0.5) is 5.69 Å². The van der Waals surface area contributed by atoms with Gasteiger partial charge in [0.1, 0.15) is 5.54 Å². The van der Waals surface area contributed by atoms with Gasteiger partial charge in [-0.1, -0.05) is 41.9 Å². The highest BCUT2D eigenvalue weighted by molar-refractivity contribution is 6.34. The molecule has 0 saturated heterocycles. The van der Waals surface area contributed by atoms with Gasteiger partial charge >= 0.3 is 0 Å². The number of nitrogens with one attached hydrogen (secondary N) is 2. The predicted octanol–water partition coefficient (Wildman–Crippen LogP) is 3.47. The second kappa shape index (κ2) is 8.08. The maximum atomic E-state index is 12.6. The van der Waals surface area contributed by atoms with Crippen LogP contribution in [0.2, 0.25) is 5.02 Å². The normalized spacial score (nSPS) is 15.3. The van der Waals surface area contributed by atoms with Crippen LogP contribution >= 0.6 is 24.0 Å². The van der Waals surface area contributed by atoms with Gasteiger partial charge in [0, 0.05) is 11.7 Å². The van der Waals surface area contributed by atoms with Gasteiger partial charge in [-0.2, -0.15) is 0 Å². The molecule has 1 saturated carbocycles. The van der Waals surface area contributed by atoms with Crippen molar-refractivity contribution in [1.29, 1.82) is 0 Å². The highest BCUT2D eigenvalue weighted by atomic mass is 35.5. The van der Waals surface area contributed by atoms with Crippen LogP contribution in [0.1, 0.15) is 35.7 Å². The third-order valence-corrected chi connectivity index (χ3v) is 4.56. The van der Waals surface area contributed by atoms with E-state index in [0.29, 0.717) is 21.8 Å². The van der Waals surface area contributed by atoms with Crippen molar-refractivity contribution >= 4 is 41.5 Å². The van der Waals surface area contributed by atoms with Gasteiger partial charge in [0.15, 0.2) is 0 Å². The molecule has 26 heavy (non-hydrogen) atoms. The fraction of sp³-hybridized carbons (Fsp3) is 0.263. The van der Waals surface area contributed by atoms with Crippen LogP contribution in [-0.2, 0) is 10.3 Å². The lowest BCUT2D eigenvalue weighted by Gasteiger charge is -2.24. The Kier molecular flexibility index (Phi) is 6.29. The minimum absolute atomic E-state index is 0. The Balaban J connectivity index is 0.00000243. The summed E-state index contributed by atoms with van der Waals surface area (Å²) in [4.78, 5) is 24.9. The minimum atomic E-state index is -1.20. The highest BCUT2D eigenvalue weighted by Crippen LogP contribution is 2.25. The molecule has 4 N–H and O–H groups in total. The molecule has 0 aromatic heterocycles. The molecule has 2 aromatic carbocycles. The summed E-state index contributed by atoms with van der Waals surface area (Å²) in [6.07, 6.45) is 1.98. The smallest absolute Gasteiger partial charge is 0.253 e. The zero-order chi connectivity index (χ0) is 18.0. The van der Waals surface area contributed by atoms with Crippen molar-refractivity contribution in [3.63, 3.8) is 0 Å². The van der Waals surface area contributed by atoms with Crippen LogP contribution in [0.25, 0.3) is 0 Å². The molecule has 0 radical (unpaired) electrons. The number of halogens is 2. The molecule has 0 bridgehead atoms. The fourth-order valence-corrected chi connectivity index (χ4v) is 2.65. The summed E-state index contributed by atoms with van der Waals surface area (Å²) in [6, 6.07) is 14.2. The molecule has 1 aliphatic rings. The quantitative estimate of drug-likeness (QED) is 0.726. The number of amides is 2. The minimum Gasteiger partial charge on any atom is -0.349 e. The summed E-state index contributed by atoms with van der Waals surface area (Å²) in [5.41, 5.74) is 6.53. The second-order valence-electron chi connectivity index (χ2n) is 6.46. The maximum Gasteiger partial charge on any atom is 0.253 e. The van der Waals surface area contributed by atoms with Gasteiger partial charge < -0.3 is 16.4 Å². The Morgan fingerprint density at radius 3 is 2.42 bits per heavy atom. The van der Waals surface area contributed by atoms with Crippen molar-refractivity contribution in [3.05, 3.63) is 64.7 Å². The summed E-state index contributed by atoms with van der Waals surface area (Å²) < 4.78 is 0. The van der Waals surface area contributed by atoms with Crippen LogP contribution in [0.15, 0.2) is 48.5 Å². The van der Waals surface area contributed by atoms with Crippen molar-refractivity contribution in [3.8, 4) is 0 Å². The second-order valence-corrected chi connectivity index (χ2v) is 6.87. The summed E-state index contributed by atoms with van der Waals surface area (Å²) in [5.74, 6) is -0.600. The molecule has 2 amide bonds. The molecular weight excluding hydrogens is 373 g/mol. The molecule has 7 heteroatoms. The van der Waals surface area contributed by atoms with Gasteiger partial charge in [-0.3, -0.25) is 9.59 Å². The summed E-state index contributed by atoms with van der Waals surface area (Å²) >= 11 is 6.12. The van der Waals surface area contributed by atoms with Crippen molar-refractivity contribution < 1.29 is 9.59 Å². The lowest BCUT2D eigenvalue weighted by atomic mass is 9.92. The first kappa shape index (κ1) is 20.2. The molecule has 138 valence electrons. The van der Waals surface area contributed by atoms with Crippen LogP contribution in [-0.4, -0.2) is 17.9 Å². The zero-order valence-corrected chi connectivity index (χ0v) is 15.9. The molecule has 1 atom stereocenters. The first-order valence-electron chi connectivity index (χ1n) is 8.14. The van der Waals surface area contributed by atoms with E-state index in [1.807, 2.05) is 18.2 Å². The number of hydrogen-bond donors (Lipinski definition) is 3. The number of nitrogens with two attached hydrogens (primary N) is 1. The Hall–Kier alpha value is -2.08. The van der Waals surface area contributed by atoms with E-state index < -0.39 is 5.54 Å². The van der Waals surface area contributed by atoms with E-state index in [9.17, 15) is 9.59 Å². The summed E-state index contributed by atoms with van der Waals surface area (Å²) in [7, 11) is 0. The lowest BCUT2D eigenvalue weighted by molar-refractivity contribution is -0.120. The Morgan fingerprint density at radius 2 is 1.81 bits per heavy atom. The maximum absolute atomic E-state index is 12.6. The van der Waals surface area contributed by atoms with Crippen LogP contribution in [0.5, 0.6) is 0 Å². The van der Waals surface area contributed by atoms with E-state index >= 15 is 0 Å². The number of carbonyl (C=O) groups is 2. The van der Waals surface area contributed by atoms with Crippen molar-refractivity contribution in [2.45, 2.75) is 31.3 Å². The zero-order valence-electron chi connectivity index (χ0n) is 14.3. The number of benzene rings is 2. The topological polar surface area (TPSA) is 84.2 Å². The van der Waals surface area contributed by atoms with Crippen molar-refractivity contribution in [2.75, 3.05) is 5.32 Å². The third-order valence-electron chi connectivity index (χ3n) is 4.23. The fourth-order valence-electron chi connectivity index (χ4n) is 2.44. The molecule has 5 nitrogen and oxygen atoms in total. The monoisotopic (exact) mass is 393 g/mol. The summed E-state index contributed by atoms with van der Waals surface area (Å²) in [6.45, 7) is 1.65. The van der Waals surface area contributed by atoms with Crippen LogP contribution in [0, 0.1) is 0 Å². The van der Waals surface area contributed by atoms with E-state index in [0.717, 1.165) is 12.8 Å². The Morgan fingerprint density at radius 1 is 1.15 bits per heavy atom. The molecule has 1 aliphatic carbocycles. The van der Waals surface area contributed by atoms with Gasteiger partial charge in [-0.15, -0.1) is 12.4 Å². The summed E-state index contributed by atoms with van der Waals surface area (Å²) in [5, 5.41) is 6.00. The van der Waals surface area contributed by atoms with Crippen LogP contribution < -0.4 is 16.4 Å². The molecule has 1 unspecified atom stereocenters. The Bertz CT molecular complexity index is 806. The number of anilines is 1. The average Bonchev–Trinajstić information content (AvgIpc) is 3.41. The van der Waals surface area contributed by atoms with Gasteiger partial charge in [0.05, 0.1) is 10.6 Å². The lowest BCUT2D eigenvalue weighted by Crippen LogP contribution is -2.45. The van der Waals surface area contributed by atoms with Crippen molar-refractivity contribution in [2.24, 2.45) is 5.73 Å². The van der Waals surface area contributed by atoms with E-state index in [1.54, 1.807) is 37.3 Å². The molecule has 0 aliphatic heterocycles. The van der Waals surface area contributed by atoms with E-state index in [1.165, 1.54) is 0 Å². The predicted molar refractivity (Wildman–Crippen MR) is 106 cm³/mol. The first-order valence-corrected chi connectivity index (χ1v) is 8.52. The average molecular weight is 394 g/mol. The molecule has 2 aromatic rings. The van der Waals surface area contributed by atoms with E-state index in [-0.39, 0.29) is 30.3 Å². The Labute approximate surface area is 163 Å². The third kappa shape index (κ3) is 4.55.